The van der Waals surface area contributed by atoms with Crippen LogP contribution in [0.4, 0.5) is 0 Å². The highest BCUT2D eigenvalue weighted by molar-refractivity contribution is 5.79. The van der Waals surface area contributed by atoms with Crippen LogP contribution in [0.1, 0.15) is 55.6 Å². The summed E-state index contributed by atoms with van der Waals surface area (Å²) >= 11 is 0. The second-order valence-corrected chi connectivity index (χ2v) is 6.73. The molecule has 1 N–H and O–H groups in total. The number of likely N-dealkylation sites (tertiary alicyclic amines) is 1. The minimum Gasteiger partial charge on any atom is -0.339 e. The Kier molecular flexibility index (Phi) is 4.32. The van der Waals surface area contributed by atoms with Crippen LogP contribution in [0, 0.1) is 19.8 Å². The van der Waals surface area contributed by atoms with E-state index in [9.17, 15) is 9.59 Å². The number of amides is 1. The summed E-state index contributed by atoms with van der Waals surface area (Å²) in [6.07, 6.45) is 7.48. The van der Waals surface area contributed by atoms with Crippen LogP contribution in [0.2, 0.25) is 0 Å². The van der Waals surface area contributed by atoms with Crippen LogP contribution >= 0.6 is 0 Å². The van der Waals surface area contributed by atoms with Crippen molar-refractivity contribution in [2.75, 3.05) is 6.54 Å². The molecule has 5 heteroatoms. The zero-order valence-corrected chi connectivity index (χ0v) is 13.5. The van der Waals surface area contributed by atoms with Gasteiger partial charge in [0.15, 0.2) is 0 Å². The normalized spacial score (nSPS) is 22.5. The number of nitrogens with zero attached hydrogens (tertiary/aromatic N) is 2. The summed E-state index contributed by atoms with van der Waals surface area (Å²) in [5.41, 5.74) is 1.02. The summed E-state index contributed by atoms with van der Waals surface area (Å²) in [4.78, 5) is 33.8. The van der Waals surface area contributed by atoms with E-state index in [0.29, 0.717) is 29.0 Å². The molecular formula is C17H25N3O2. The molecule has 0 spiro atoms. The molecule has 22 heavy (non-hydrogen) atoms. The van der Waals surface area contributed by atoms with Gasteiger partial charge in [0.1, 0.15) is 5.82 Å². The lowest BCUT2D eigenvalue weighted by atomic mass is 9.95. The maximum Gasteiger partial charge on any atom is 0.254 e. The van der Waals surface area contributed by atoms with Gasteiger partial charge < -0.3 is 9.88 Å². The Bertz CT molecular complexity index is 617. The Hall–Kier alpha value is -1.65. The highest BCUT2D eigenvalue weighted by Crippen LogP contribution is 2.35. The van der Waals surface area contributed by atoms with Crippen molar-refractivity contribution in [1.82, 2.24) is 14.9 Å². The Balaban J connectivity index is 1.75. The molecule has 1 saturated heterocycles. The third-order valence-electron chi connectivity index (χ3n) is 5.23. The standard InChI is InChI=1S/C17H25N3O2/c1-11-14(17(22)19-12(2)18-11)10-16(21)20-9-5-8-15(20)13-6-3-4-7-13/h13,15H,3-10H2,1-2H3,(H,18,19,22)/t15-/m1/s1. The van der Waals surface area contributed by atoms with Crippen LogP contribution in [0.15, 0.2) is 4.79 Å². The zero-order chi connectivity index (χ0) is 15.7. The second kappa shape index (κ2) is 6.23. The van der Waals surface area contributed by atoms with Crippen molar-refractivity contribution >= 4 is 5.91 Å². The van der Waals surface area contributed by atoms with Crippen molar-refractivity contribution < 1.29 is 4.79 Å². The number of hydrogen-bond donors (Lipinski definition) is 1. The smallest absolute Gasteiger partial charge is 0.254 e. The molecule has 2 heterocycles. The minimum atomic E-state index is -0.171. The number of carbonyl (C=O) groups excluding carboxylic acids is 1. The first-order valence-corrected chi connectivity index (χ1v) is 8.42. The summed E-state index contributed by atoms with van der Waals surface area (Å²) in [5.74, 6) is 1.36. The van der Waals surface area contributed by atoms with E-state index >= 15 is 0 Å². The van der Waals surface area contributed by atoms with Crippen molar-refractivity contribution in [3.05, 3.63) is 27.4 Å². The van der Waals surface area contributed by atoms with Gasteiger partial charge in [-0.1, -0.05) is 12.8 Å². The molecule has 1 amide bonds. The van der Waals surface area contributed by atoms with Crippen molar-refractivity contribution in [1.29, 1.82) is 0 Å². The van der Waals surface area contributed by atoms with Gasteiger partial charge in [-0.2, -0.15) is 0 Å². The fourth-order valence-electron chi connectivity index (χ4n) is 4.15. The fraction of sp³-hybridized carbons (Fsp3) is 0.706. The lowest BCUT2D eigenvalue weighted by molar-refractivity contribution is -0.132. The van der Waals surface area contributed by atoms with Crippen molar-refractivity contribution in [2.45, 2.75) is 64.8 Å². The summed E-state index contributed by atoms with van der Waals surface area (Å²) < 4.78 is 0. The number of nitrogens with one attached hydrogen (secondary N) is 1. The molecule has 0 aromatic carbocycles. The predicted octanol–water partition coefficient (Wildman–Crippen LogP) is 2.11. The van der Waals surface area contributed by atoms with Gasteiger partial charge >= 0.3 is 0 Å². The molecule has 1 aromatic heterocycles. The molecular weight excluding hydrogens is 278 g/mol. The monoisotopic (exact) mass is 303 g/mol. The van der Waals surface area contributed by atoms with Crippen molar-refractivity contribution in [3.8, 4) is 0 Å². The molecule has 1 aromatic rings. The number of rotatable bonds is 3. The molecule has 1 saturated carbocycles. The van der Waals surface area contributed by atoms with Gasteiger partial charge in [0.05, 0.1) is 6.42 Å². The molecule has 120 valence electrons. The lowest BCUT2D eigenvalue weighted by Crippen LogP contribution is -2.41. The van der Waals surface area contributed by atoms with E-state index in [1.54, 1.807) is 6.92 Å². The van der Waals surface area contributed by atoms with Crippen LogP contribution < -0.4 is 5.56 Å². The first-order chi connectivity index (χ1) is 10.6. The van der Waals surface area contributed by atoms with Gasteiger partial charge in [0.25, 0.3) is 5.56 Å². The Morgan fingerprint density at radius 1 is 1.23 bits per heavy atom. The molecule has 5 nitrogen and oxygen atoms in total. The summed E-state index contributed by atoms with van der Waals surface area (Å²) in [5, 5.41) is 0. The number of aromatic amines is 1. The van der Waals surface area contributed by atoms with Gasteiger partial charge in [0, 0.05) is 23.8 Å². The predicted molar refractivity (Wildman–Crippen MR) is 84.7 cm³/mol. The van der Waals surface area contributed by atoms with Crippen LogP contribution in [0.5, 0.6) is 0 Å². The Labute approximate surface area is 131 Å². The number of H-pyrrole nitrogens is 1. The molecule has 2 aliphatic rings. The van der Waals surface area contributed by atoms with Gasteiger partial charge in [-0.05, 0) is 45.4 Å². The first-order valence-electron chi connectivity index (χ1n) is 8.42. The van der Waals surface area contributed by atoms with E-state index in [-0.39, 0.29) is 17.9 Å². The third-order valence-corrected chi connectivity index (χ3v) is 5.23. The molecule has 3 rings (SSSR count). The number of aryl methyl sites for hydroxylation is 2. The molecule has 1 aliphatic carbocycles. The van der Waals surface area contributed by atoms with Crippen molar-refractivity contribution in [3.63, 3.8) is 0 Å². The van der Waals surface area contributed by atoms with E-state index in [2.05, 4.69) is 9.97 Å². The zero-order valence-electron chi connectivity index (χ0n) is 13.5. The maximum atomic E-state index is 12.7. The van der Waals surface area contributed by atoms with Crippen molar-refractivity contribution in [2.24, 2.45) is 5.92 Å². The molecule has 1 aliphatic heterocycles. The SMILES string of the molecule is Cc1nc(C)c(CC(=O)N2CCC[C@@H]2C2CCCC2)c(=O)[nH]1. The largest absolute Gasteiger partial charge is 0.339 e. The van der Waals surface area contributed by atoms with Crippen LogP contribution in [0.3, 0.4) is 0 Å². The van der Waals surface area contributed by atoms with E-state index in [1.807, 2.05) is 11.8 Å². The number of aromatic nitrogens is 2. The maximum absolute atomic E-state index is 12.7. The highest BCUT2D eigenvalue weighted by atomic mass is 16.2. The molecule has 0 bridgehead atoms. The molecule has 2 fully saturated rings. The average molecular weight is 303 g/mol. The number of carbonyl (C=O) groups is 1. The van der Waals surface area contributed by atoms with Crippen LogP contribution in [-0.2, 0) is 11.2 Å². The third kappa shape index (κ3) is 2.94. The summed E-state index contributed by atoms with van der Waals surface area (Å²) in [6, 6.07) is 0.396. The quantitative estimate of drug-likeness (QED) is 0.930. The van der Waals surface area contributed by atoms with Gasteiger partial charge in [0.2, 0.25) is 5.91 Å². The topological polar surface area (TPSA) is 66.1 Å². The lowest BCUT2D eigenvalue weighted by Gasteiger charge is -2.29. The fourth-order valence-corrected chi connectivity index (χ4v) is 4.15. The van der Waals surface area contributed by atoms with E-state index < -0.39 is 0 Å². The minimum absolute atomic E-state index is 0.0913. The molecule has 1 atom stereocenters. The molecule has 0 unspecified atom stereocenters. The Morgan fingerprint density at radius 3 is 2.64 bits per heavy atom. The first kappa shape index (κ1) is 15.3. The second-order valence-electron chi connectivity index (χ2n) is 6.73. The van der Waals surface area contributed by atoms with Gasteiger partial charge in [-0.15, -0.1) is 0 Å². The van der Waals surface area contributed by atoms with Gasteiger partial charge in [-0.25, -0.2) is 4.98 Å². The molecule has 0 radical (unpaired) electrons. The highest BCUT2D eigenvalue weighted by Gasteiger charge is 2.36. The Morgan fingerprint density at radius 2 is 1.95 bits per heavy atom. The number of hydrogen-bond acceptors (Lipinski definition) is 3. The average Bonchev–Trinajstić information content (AvgIpc) is 3.11. The summed E-state index contributed by atoms with van der Waals surface area (Å²) in [6.45, 7) is 4.41. The summed E-state index contributed by atoms with van der Waals surface area (Å²) in [7, 11) is 0. The van der Waals surface area contributed by atoms with Crippen LogP contribution in [0.25, 0.3) is 0 Å². The van der Waals surface area contributed by atoms with E-state index in [0.717, 1.165) is 19.4 Å². The van der Waals surface area contributed by atoms with E-state index in [4.69, 9.17) is 0 Å². The van der Waals surface area contributed by atoms with E-state index in [1.165, 1.54) is 25.7 Å². The van der Waals surface area contributed by atoms with Gasteiger partial charge in [-0.3, -0.25) is 9.59 Å². The van der Waals surface area contributed by atoms with Crippen LogP contribution in [-0.4, -0.2) is 33.4 Å².